The largest absolute Gasteiger partial charge is 0.443 e. The van der Waals surface area contributed by atoms with E-state index in [1.807, 2.05) is 19.1 Å². The van der Waals surface area contributed by atoms with E-state index in [-0.39, 0.29) is 35.6 Å². The molecule has 3 N–H and O–H groups in total. The molecule has 4 amide bonds. The zero-order valence-corrected chi connectivity index (χ0v) is 29.2. The number of alkyl carbamates (subject to hydrolysis) is 1. The molecule has 0 spiro atoms. The smallest absolute Gasteiger partial charge is 0.408 e. The van der Waals surface area contributed by atoms with E-state index in [0.717, 1.165) is 30.4 Å². The van der Waals surface area contributed by atoms with Gasteiger partial charge in [-0.1, -0.05) is 57.5 Å². The van der Waals surface area contributed by atoms with Gasteiger partial charge < -0.3 is 25.6 Å². The van der Waals surface area contributed by atoms with Crippen LogP contribution in [0.15, 0.2) is 36.9 Å². The molecule has 8 rings (SSSR count). The maximum Gasteiger partial charge on any atom is 0.408 e. The molecule has 6 aliphatic carbocycles. The molecular formula is C39H52N4O6. The Balaban J connectivity index is 1.12. The molecule has 1 saturated heterocycles. The van der Waals surface area contributed by atoms with Crippen molar-refractivity contribution in [2.24, 2.45) is 40.9 Å². The van der Waals surface area contributed by atoms with E-state index in [2.05, 4.69) is 48.5 Å². The Labute approximate surface area is 289 Å². The van der Waals surface area contributed by atoms with Gasteiger partial charge in [0, 0.05) is 13.1 Å². The number of piperidine rings is 1. The molecule has 10 heteroatoms. The molecule has 1 aromatic rings. The van der Waals surface area contributed by atoms with Crippen LogP contribution in [0.25, 0.3) is 0 Å². The van der Waals surface area contributed by atoms with Crippen molar-refractivity contribution in [1.29, 1.82) is 0 Å². The third kappa shape index (κ3) is 6.29. The quantitative estimate of drug-likeness (QED) is 0.226. The van der Waals surface area contributed by atoms with Crippen LogP contribution in [0.5, 0.6) is 0 Å². The van der Waals surface area contributed by atoms with Gasteiger partial charge in [-0.3, -0.25) is 19.2 Å². The molecule has 0 radical (unpaired) electrons. The van der Waals surface area contributed by atoms with E-state index in [1.54, 1.807) is 4.90 Å². The number of benzene rings is 1. The number of carbonyl (C=O) groups excluding carboxylic acids is 5. The van der Waals surface area contributed by atoms with Gasteiger partial charge in [0.15, 0.2) is 0 Å². The average Bonchev–Trinajstić information content (AvgIpc) is 3.41. The molecule has 10 nitrogen and oxygen atoms in total. The molecule has 49 heavy (non-hydrogen) atoms. The molecule has 5 atom stereocenters. The summed E-state index contributed by atoms with van der Waals surface area (Å²) in [5.41, 5.74) is 1.72. The van der Waals surface area contributed by atoms with Crippen molar-refractivity contribution in [2.75, 3.05) is 13.1 Å². The van der Waals surface area contributed by atoms with Crippen molar-refractivity contribution in [1.82, 2.24) is 20.9 Å². The van der Waals surface area contributed by atoms with Crippen LogP contribution in [0.2, 0.25) is 0 Å². The first-order valence-corrected chi connectivity index (χ1v) is 18.5. The number of nitrogens with one attached hydrogen (secondary N) is 3. The van der Waals surface area contributed by atoms with Crippen molar-refractivity contribution in [3.8, 4) is 0 Å². The first-order valence-electron chi connectivity index (χ1n) is 18.5. The van der Waals surface area contributed by atoms with Crippen LogP contribution in [-0.2, 0) is 36.8 Å². The van der Waals surface area contributed by atoms with Crippen LogP contribution >= 0.6 is 0 Å². The lowest BCUT2D eigenvalue weighted by Gasteiger charge is -2.55. The van der Waals surface area contributed by atoms with Crippen LogP contribution in [0.1, 0.15) is 83.3 Å². The zero-order chi connectivity index (χ0) is 34.7. The van der Waals surface area contributed by atoms with Crippen LogP contribution in [0.3, 0.4) is 0 Å². The second-order valence-electron chi connectivity index (χ2n) is 16.7. The van der Waals surface area contributed by atoms with Gasteiger partial charge in [-0.25, -0.2) is 4.79 Å². The van der Waals surface area contributed by atoms with Gasteiger partial charge in [0.1, 0.15) is 17.7 Å². The second-order valence-corrected chi connectivity index (χ2v) is 16.7. The monoisotopic (exact) mass is 672 g/mol. The maximum atomic E-state index is 14.8. The number of rotatable bonds is 12. The molecule has 0 aromatic heterocycles. The highest BCUT2D eigenvalue weighted by Gasteiger charge is 2.70. The Morgan fingerprint density at radius 2 is 1.59 bits per heavy atom. The minimum atomic E-state index is -1.01. The van der Waals surface area contributed by atoms with Gasteiger partial charge in [-0.05, 0) is 110 Å². The zero-order valence-electron chi connectivity index (χ0n) is 29.2. The van der Waals surface area contributed by atoms with Crippen molar-refractivity contribution in [3.05, 3.63) is 48.0 Å². The molecule has 1 unspecified atom stereocenters. The highest BCUT2D eigenvalue weighted by molar-refractivity contribution is 6.38. The lowest BCUT2D eigenvalue weighted by molar-refractivity contribution is -0.145. The summed E-state index contributed by atoms with van der Waals surface area (Å²) in [6, 6.07) is 5.44. The molecule has 1 heterocycles. The van der Waals surface area contributed by atoms with E-state index in [9.17, 15) is 24.0 Å². The summed E-state index contributed by atoms with van der Waals surface area (Å²) in [5, 5.41) is 8.45. The Bertz CT molecular complexity index is 1480. The summed E-state index contributed by atoms with van der Waals surface area (Å²) in [6.45, 7) is 10.2. The van der Waals surface area contributed by atoms with E-state index in [0.29, 0.717) is 50.0 Å². The van der Waals surface area contributed by atoms with E-state index in [4.69, 9.17) is 4.74 Å². The number of amides is 4. The lowest BCUT2D eigenvalue weighted by Crippen LogP contribution is -2.60. The third-order valence-electron chi connectivity index (χ3n) is 13.0. The van der Waals surface area contributed by atoms with Gasteiger partial charge >= 0.3 is 6.09 Å². The normalized spacial score (nSPS) is 32.8. The number of hydrogen-bond donors (Lipinski definition) is 3. The van der Waals surface area contributed by atoms with Gasteiger partial charge in [-0.15, -0.1) is 6.58 Å². The van der Waals surface area contributed by atoms with Gasteiger partial charge in [0.05, 0.1) is 6.04 Å². The summed E-state index contributed by atoms with van der Waals surface area (Å²) < 4.78 is 6.34. The van der Waals surface area contributed by atoms with Crippen molar-refractivity contribution < 1.29 is 28.7 Å². The Morgan fingerprint density at radius 1 is 0.980 bits per heavy atom. The molecule has 264 valence electrons. The Morgan fingerprint density at radius 3 is 2.16 bits per heavy atom. The standard InChI is InChI=1S/C39H52N4O6/c1-5-9-29(33(44)35(46)40-12-6-2)41-34(45)32-30-28(38(30,3)4)21-43(32)36(47)31(27-16-25-10-7-8-11-26(25)17-27)42-37(48)49-39-18-22-13-23(19-39)15-24(14-22)20-39/h6-8,10-11,22-24,27-32H,2,5,9,12-21H2,1,3-4H3,(H,40,46)(H,41,45)(H,42,48)/t22?,23?,24?,28-,29?,30-,31-,32-,39?/m0/s1. The number of fused-ring (bicyclic) bond motifs is 2. The number of carbonyl (C=O) groups is 5. The van der Waals surface area contributed by atoms with Crippen LogP contribution < -0.4 is 16.0 Å². The Kier molecular flexibility index (Phi) is 8.89. The summed E-state index contributed by atoms with van der Waals surface area (Å²) in [5.74, 6) is -0.549. The predicted molar refractivity (Wildman–Crippen MR) is 183 cm³/mol. The Hall–Kier alpha value is -3.69. The summed E-state index contributed by atoms with van der Waals surface area (Å²) in [7, 11) is 0. The molecule has 1 aliphatic heterocycles. The minimum absolute atomic E-state index is 0.0937. The van der Waals surface area contributed by atoms with Crippen molar-refractivity contribution in [3.63, 3.8) is 0 Å². The van der Waals surface area contributed by atoms with E-state index >= 15 is 0 Å². The first kappa shape index (κ1) is 33.8. The molecule has 1 aromatic carbocycles. The number of hydrogen-bond acceptors (Lipinski definition) is 6. The SMILES string of the molecule is C=CCNC(=O)C(=O)C(CCC)NC(=O)[C@@H]1[C@@H]2[C@H](CN1C(=O)[C@@H](NC(=O)OC13CC4CC(CC(C4)C1)C3)C1Cc3ccccc3C1)C2(C)C. The number of likely N-dealkylation sites (tertiary alicyclic amines) is 1. The molecular weight excluding hydrogens is 620 g/mol. The van der Waals surface area contributed by atoms with Crippen molar-refractivity contribution >= 4 is 29.6 Å². The predicted octanol–water partition coefficient (Wildman–Crippen LogP) is 4.10. The number of nitrogens with zero attached hydrogens (tertiary/aromatic N) is 1. The summed E-state index contributed by atoms with van der Waals surface area (Å²) in [4.78, 5) is 70.1. The fourth-order valence-electron chi connectivity index (χ4n) is 10.9. The number of ketones is 1. The van der Waals surface area contributed by atoms with Gasteiger partial charge in [-0.2, -0.15) is 0 Å². The highest BCUT2D eigenvalue weighted by atomic mass is 16.6. The van der Waals surface area contributed by atoms with E-state index in [1.165, 1.54) is 25.3 Å². The minimum Gasteiger partial charge on any atom is -0.443 e. The average molecular weight is 673 g/mol. The summed E-state index contributed by atoms with van der Waals surface area (Å²) >= 11 is 0. The lowest BCUT2D eigenvalue weighted by atomic mass is 9.54. The number of Topliss-reactive ketones (excluding diaryl/α,β-unsaturated/α-hetero) is 1. The third-order valence-corrected chi connectivity index (χ3v) is 13.0. The van der Waals surface area contributed by atoms with Gasteiger partial charge in [0.2, 0.25) is 17.6 Å². The second kappa shape index (κ2) is 12.9. The fourth-order valence-corrected chi connectivity index (χ4v) is 10.9. The van der Waals surface area contributed by atoms with E-state index < -0.39 is 47.4 Å². The molecule has 6 fully saturated rings. The highest BCUT2D eigenvalue weighted by Crippen LogP contribution is 2.65. The molecule has 5 saturated carbocycles. The molecule has 4 bridgehead atoms. The van der Waals surface area contributed by atoms with Crippen LogP contribution in [0, 0.1) is 40.9 Å². The number of ether oxygens (including phenoxy) is 1. The summed E-state index contributed by atoms with van der Waals surface area (Å²) in [6.07, 6.45) is 9.49. The van der Waals surface area contributed by atoms with Crippen LogP contribution in [-0.4, -0.2) is 71.3 Å². The van der Waals surface area contributed by atoms with Crippen molar-refractivity contribution in [2.45, 2.75) is 109 Å². The topological polar surface area (TPSA) is 134 Å². The maximum absolute atomic E-state index is 14.8. The van der Waals surface area contributed by atoms with Crippen LogP contribution in [0.4, 0.5) is 4.79 Å². The fraction of sp³-hybridized carbons (Fsp3) is 0.667. The first-order chi connectivity index (χ1) is 23.4. The van der Waals surface area contributed by atoms with Gasteiger partial charge in [0.25, 0.3) is 5.91 Å². The molecule has 7 aliphatic rings.